The molecule has 3 rings (SSSR count). The number of non-ortho nitro benzene ring substituents is 1. The molecule has 0 spiro atoms. The van der Waals surface area contributed by atoms with Gasteiger partial charge in [0.15, 0.2) is 0 Å². The van der Waals surface area contributed by atoms with Gasteiger partial charge in [-0.25, -0.2) is 4.98 Å². The molecule has 3 aromatic rings. The molecule has 7 nitrogen and oxygen atoms in total. The van der Waals surface area contributed by atoms with Crippen LogP contribution in [-0.2, 0) is 6.54 Å². The third-order valence-electron chi connectivity index (χ3n) is 4.17. The molecule has 1 N–H and O–H groups in total. The highest BCUT2D eigenvalue weighted by molar-refractivity contribution is 6.04. The maximum absolute atomic E-state index is 12.4. The molecule has 0 aliphatic heterocycles. The van der Waals surface area contributed by atoms with Gasteiger partial charge >= 0.3 is 0 Å². The van der Waals surface area contributed by atoms with Crippen molar-refractivity contribution < 1.29 is 9.72 Å². The Bertz CT molecular complexity index is 961. The number of hydrogen-bond acceptors (Lipinski definition) is 4. The van der Waals surface area contributed by atoms with Gasteiger partial charge in [0.1, 0.15) is 5.82 Å². The van der Waals surface area contributed by atoms with Crippen molar-refractivity contribution in [1.82, 2.24) is 9.55 Å². The largest absolute Gasteiger partial charge is 0.331 e. The zero-order valence-corrected chi connectivity index (χ0v) is 14.5. The standard InChI is InChI=1S/C19H18N4O3/c1-13-3-8-17(23(25)26)11-18(13)21-19(24)16-6-4-15(5-7-16)12-22-10-9-20-14(22)2/h3-11H,12H2,1-2H3,(H,21,24). The number of nitro benzene ring substituents is 1. The van der Waals surface area contributed by atoms with Crippen LogP contribution in [0.4, 0.5) is 11.4 Å². The fourth-order valence-corrected chi connectivity index (χ4v) is 2.58. The molecule has 0 aliphatic rings. The molecule has 1 amide bonds. The van der Waals surface area contributed by atoms with Gasteiger partial charge in [-0.2, -0.15) is 0 Å². The summed E-state index contributed by atoms with van der Waals surface area (Å²) in [6.45, 7) is 4.40. The lowest BCUT2D eigenvalue weighted by Crippen LogP contribution is -2.13. The number of nitrogens with one attached hydrogen (secondary N) is 1. The summed E-state index contributed by atoms with van der Waals surface area (Å²) in [5.74, 6) is 0.618. The van der Waals surface area contributed by atoms with Crippen molar-refractivity contribution >= 4 is 17.3 Å². The fourth-order valence-electron chi connectivity index (χ4n) is 2.58. The summed E-state index contributed by atoms with van der Waals surface area (Å²) in [5, 5.41) is 13.6. The van der Waals surface area contributed by atoms with E-state index in [1.54, 1.807) is 31.3 Å². The Labute approximate surface area is 150 Å². The van der Waals surface area contributed by atoms with Crippen LogP contribution in [0, 0.1) is 24.0 Å². The lowest BCUT2D eigenvalue weighted by molar-refractivity contribution is -0.384. The zero-order chi connectivity index (χ0) is 18.7. The highest BCUT2D eigenvalue weighted by Gasteiger charge is 2.12. The zero-order valence-electron chi connectivity index (χ0n) is 14.5. The van der Waals surface area contributed by atoms with Gasteiger partial charge in [0.05, 0.1) is 10.6 Å². The Morgan fingerprint density at radius 1 is 1.19 bits per heavy atom. The van der Waals surface area contributed by atoms with Crippen molar-refractivity contribution in [3.63, 3.8) is 0 Å². The van der Waals surface area contributed by atoms with E-state index in [1.807, 2.05) is 29.8 Å². The number of benzene rings is 2. The summed E-state index contributed by atoms with van der Waals surface area (Å²) in [6, 6.07) is 11.6. The first-order valence-electron chi connectivity index (χ1n) is 8.07. The van der Waals surface area contributed by atoms with E-state index in [9.17, 15) is 14.9 Å². The molecular formula is C19H18N4O3. The summed E-state index contributed by atoms with van der Waals surface area (Å²) in [4.78, 5) is 27.0. The van der Waals surface area contributed by atoms with E-state index in [4.69, 9.17) is 0 Å². The second-order valence-electron chi connectivity index (χ2n) is 6.01. The third-order valence-corrected chi connectivity index (χ3v) is 4.17. The number of amides is 1. The fraction of sp³-hybridized carbons (Fsp3) is 0.158. The Kier molecular flexibility index (Phi) is 4.79. The van der Waals surface area contributed by atoms with Crippen LogP contribution in [0.5, 0.6) is 0 Å². The number of imidazole rings is 1. The smallest absolute Gasteiger partial charge is 0.271 e. The van der Waals surface area contributed by atoms with Crippen LogP contribution in [0.2, 0.25) is 0 Å². The van der Waals surface area contributed by atoms with E-state index in [1.165, 1.54) is 12.1 Å². The average molecular weight is 350 g/mol. The molecule has 0 atom stereocenters. The maximum Gasteiger partial charge on any atom is 0.271 e. The number of aromatic nitrogens is 2. The number of nitrogens with zero attached hydrogens (tertiary/aromatic N) is 3. The molecule has 0 aliphatic carbocycles. The first-order chi connectivity index (χ1) is 12.4. The van der Waals surface area contributed by atoms with E-state index in [0.29, 0.717) is 17.8 Å². The highest BCUT2D eigenvalue weighted by atomic mass is 16.6. The quantitative estimate of drug-likeness (QED) is 0.561. The first-order valence-corrected chi connectivity index (χ1v) is 8.07. The van der Waals surface area contributed by atoms with Crippen LogP contribution in [0.3, 0.4) is 0 Å². The summed E-state index contributed by atoms with van der Waals surface area (Å²) in [6.07, 6.45) is 3.65. The van der Waals surface area contributed by atoms with E-state index < -0.39 is 4.92 Å². The van der Waals surface area contributed by atoms with Gasteiger partial charge in [0.25, 0.3) is 11.6 Å². The number of nitro groups is 1. The Hall–Kier alpha value is -3.48. The maximum atomic E-state index is 12.4. The second kappa shape index (κ2) is 7.18. The van der Waals surface area contributed by atoms with Crippen molar-refractivity contribution in [2.24, 2.45) is 0 Å². The average Bonchev–Trinajstić information content (AvgIpc) is 3.02. The molecule has 2 aromatic carbocycles. The van der Waals surface area contributed by atoms with E-state index in [-0.39, 0.29) is 11.6 Å². The first kappa shape index (κ1) is 17.3. The van der Waals surface area contributed by atoms with Gasteiger partial charge in [-0.1, -0.05) is 18.2 Å². The molecule has 26 heavy (non-hydrogen) atoms. The van der Waals surface area contributed by atoms with E-state index in [0.717, 1.165) is 17.0 Å². The van der Waals surface area contributed by atoms with E-state index >= 15 is 0 Å². The number of hydrogen-bond donors (Lipinski definition) is 1. The molecule has 0 bridgehead atoms. The molecule has 132 valence electrons. The van der Waals surface area contributed by atoms with Crippen LogP contribution in [0.1, 0.15) is 27.3 Å². The predicted molar refractivity (Wildman–Crippen MR) is 98.3 cm³/mol. The van der Waals surface area contributed by atoms with Gasteiger partial charge in [0.2, 0.25) is 0 Å². The summed E-state index contributed by atoms with van der Waals surface area (Å²) in [7, 11) is 0. The van der Waals surface area contributed by atoms with Crippen molar-refractivity contribution in [3.05, 3.63) is 87.5 Å². The third kappa shape index (κ3) is 3.77. The number of carbonyl (C=O) groups is 1. The number of rotatable bonds is 5. The molecule has 0 unspecified atom stereocenters. The minimum Gasteiger partial charge on any atom is -0.331 e. The van der Waals surface area contributed by atoms with Crippen molar-refractivity contribution in [2.75, 3.05) is 5.32 Å². The molecular weight excluding hydrogens is 332 g/mol. The van der Waals surface area contributed by atoms with Crippen LogP contribution in [0.25, 0.3) is 0 Å². The molecule has 0 fully saturated rings. The van der Waals surface area contributed by atoms with Crippen molar-refractivity contribution in [3.8, 4) is 0 Å². The molecule has 0 saturated heterocycles. The Morgan fingerprint density at radius 2 is 1.92 bits per heavy atom. The summed E-state index contributed by atoms with van der Waals surface area (Å²) < 4.78 is 2.02. The van der Waals surface area contributed by atoms with Crippen LogP contribution in [-0.4, -0.2) is 20.4 Å². The summed E-state index contributed by atoms with van der Waals surface area (Å²) >= 11 is 0. The minimum absolute atomic E-state index is 0.0584. The van der Waals surface area contributed by atoms with Gasteiger partial charge in [-0.15, -0.1) is 0 Å². The molecule has 0 radical (unpaired) electrons. The van der Waals surface area contributed by atoms with Crippen molar-refractivity contribution in [2.45, 2.75) is 20.4 Å². The van der Waals surface area contributed by atoms with Crippen LogP contribution < -0.4 is 5.32 Å². The SMILES string of the molecule is Cc1ccc([N+](=O)[O-])cc1NC(=O)c1ccc(Cn2ccnc2C)cc1. The second-order valence-corrected chi connectivity index (χ2v) is 6.01. The molecule has 0 saturated carbocycles. The normalized spacial score (nSPS) is 10.5. The lowest BCUT2D eigenvalue weighted by Gasteiger charge is -2.09. The number of anilines is 1. The molecule has 1 heterocycles. The minimum atomic E-state index is -0.484. The number of carbonyl (C=O) groups excluding carboxylic acids is 1. The monoisotopic (exact) mass is 350 g/mol. The van der Waals surface area contributed by atoms with Crippen molar-refractivity contribution in [1.29, 1.82) is 0 Å². The van der Waals surface area contributed by atoms with Crippen LogP contribution >= 0.6 is 0 Å². The molecule has 7 heteroatoms. The number of aryl methyl sites for hydroxylation is 2. The lowest BCUT2D eigenvalue weighted by atomic mass is 10.1. The summed E-state index contributed by atoms with van der Waals surface area (Å²) in [5.41, 5.74) is 2.67. The molecule has 1 aromatic heterocycles. The predicted octanol–water partition coefficient (Wildman–Crippen LogP) is 3.71. The van der Waals surface area contributed by atoms with E-state index in [2.05, 4.69) is 10.3 Å². The topological polar surface area (TPSA) is 90.1 Å². The Morgan fingerprint density at radius 3 is 2.54 bits per heavy atom. The Balaban J connectivity index is 1.73. The van der Waals surface area contributed by atoms with Crippen LogP contribution in [0.15, 0.2) is 54.9 Å². The van der Waals surface area contributed by atoms with Gasteiger partial charge in [0, 0.05) is 36.6 Å². The highest BCUT2D eigenvalue weighted by Crippen LogP contribution is 2.22. The van der Waals surface area contributed by atoms with Gasteiger partial charge in [-0.05, 0) is 37.1 Å². The van der Waals surface area contributed by atoms with Gasteiger partial charge in [-0.3, -0.25) is 14.9 Å². The van der Waals surface area contributed by atoms with Gasteiger partial charge < -0.3 is 9.88 Å².